The number of nitrogens with zero attached hydrogens (tertiary/aromatic N) is 1. The van der Waals surface area contributed by atoms with Crippen LogP contribution in [0.15, 0.2) is 18.2 Å². The maximum absolute atomic E-state index is 13.0. The molecular weight excluding hydrogens is 214 g/mol. The average Bonchev–Trinajstić information content (AvgIpc) is 2.14. The summed E-state index contributed by atoms with van der Waals surface area (Å²) in [6, 6.07) is 4.62. The van der Waals surface area contributed by atoms with Gasteiger partial charge in [-0.25, -0.2) is 4.39 Å². The predicted molar refractivity (Wildman–Crippen MR) is 42.7 cm³/mol. The Morgan fingerprint density at radius 2 is 2.00 bits per heavy atom. The first-order valence-electron chi connectivity index (χ1n) is 3.81. The Hall–Kier alpha value is -1.77. The Labute approximate surface area is 82.7 Å². The highest BCUT2D eigenvalue weighted by Crippen LogP contribution is 2.21. The van der Waals surface area contributed by atoms with Gasteiger partial charge in [-0.05, 0) is 18.2 Å². The fourth-order valence-electron chi connectivity index (χ4n) is 0.847. The second-order valence-corrected chi connectivity index (χ2v) is 2.66. The van der Waals surface area contributed by atoms with Gasteiger partial charge in [-0.3, -0.25) is 0 Å². The molecule has 0 bridgehead atoms. The molecule has 0 amide bonds. The van der Waals surface area contributed by atoms with E-state index in [0.717, 1.165) is 12.1 Å². The Morgan fingerprint density at radius 3 is 2.47 bits per heavy atom. The van der Waals surface area contributed by atoms with Gasteiger partial charge in [0.15, 0.2) is 18.2 Å². The summed E-state index contributed by atoms with van der Waals surface area (Å²) < 4.78 is 52.3. The summed E-state index contributed by atoms with van der Waals surface area (Å²) in [4.78, 5) is 0. The van der Waals surface area contributed by atoms with Crippen molar-refractivity contribution >= 4 is 0 Å². The molecule has 0 radical (unpaired) electrons. The lowest BCUT2D eigenvalue weighted by atomic mass is 10.2. The van der Waals surface area contributed by atoms with Crippen LogP contribution >= 0.6 is 0 Å². The molecule has 80 valence electrons. The molecule has 0 aliphatic carbocycles. The highest BCUT2D eigenvalue weighted by molar-refractivity contribution is 5.35. The minimum absolute atomic E-state index is 0.0202. The molecule has 0 fully saturated rings. The van der Waals surface area contributed by atoms with Gasteiger partial charge in [0.25, 0.3) is 0 Å². The van der Waals surface area contributed by atoms with E-state index in [1.807, 2.05) is 0 Å². The zero-order chi connectivity index (χ0) is 11.5. The summed E-state index contributed by atoms with van der Waals surface area (Å²) in [5, 5.41) is 8.37. The lowest BCUT2D eigenvalue weighted by molar-refractivity contribution is -0.153. The molecule has 0 aliphatic heterocycles. The van der Waals surface area contributed by atoms with Crippen LogP contribution in [0.5, 0.6) is 5.75 Å². The lowest BCUT2D eigenvalue weighted by Crippen LogP contribution is -2.19. The minimum atomic E-state index is -4.51. The third-order valence-electron chi connectivity index (χ3n) is 1.45. The van der Waals surface area contributed by atoms with Crippen molar-refractivity contribution in [2.75, 3.05) is 6.61 Å². The fraction of sp³-hybridized carbons (Fsp3) is 0.222. The summed E-state index contributed by atoms with van der Waals surface area (Å²) in [5.74, 6) is -1.51. The first-order valence-corrected chi connectivity index (χ1v) is 3.81. The maximum atomic E-state index is 13.0. The SMILES string of the molecule is N#Cc1ccc(OCC(F)(F)F)c(F)c1. The molecule has 0 saturated carbocycles. The molecular formula is C9H5F4NO. The first-order chi connectivity index (χ1) is 6.92. The van der Waals surface area contributed by atoms with Crippen molar-refractivity contribution in [2.45, 2.75) is 6.18 Å². The lowest BCUT2D eigenvalue weighted by Gasteiger charge is -2.09. The molecule has 15 heavy (non-hydrogen) atoms. The highest BCUT2D eigenvalue weighted by atomic mass is 19.4. The number of ether oxygens (including phenoxy) is 1. The average molecular weight is 219 g/mol. The van der Waals surface area contributed by atoms with E-state index in [4.69, 9.17) is 5.26 Å². The van der Waals surface area contributed by atoms with E-state index in [2.05, 4.69) is 4.74 Å². The van der Waals surface area contributed by atoms with Gasteiger partial charge in [0.2, 0.25) is 0 Å². The van der Waals surface area contributed by atoms with Gasteiger partial charge in [0.05, 0.1) is 11.6 Å². The summed E-state index contributed by atoms with van der Waals surface area (Å²) in [6.45, 7) is -1.56. The van der Waals surface area contributed by atoms with Crippen molar-refractivity contribution in [3.63, 3.8) is 0 Å². The Bertz CT molecular complexity index is 394. The second kappa shape index (κ2) is 4.17. The van der Waals surface area contributed by atoms with Crippen molar-refractivity contribution in [3.05, 3.63) is 29.6 Å². The minimum Gasteiger partial charge on any atom is -0.481 e. The summed E-state index contributed by atoms with van der Waals surface area (Å²) >= 11 is 0. The fourth-order valence-corrected chi connectivity index (χ4v) is 0.847. The van der Waals surface area contributed by atoms with Gasteiger partial charge in [-0.2, -0.15) is 18.4 Å². The van der Waals surface area contributed by atoms with Crippen molar-refractivity contribution in [3.8, 4) is 11.8 Å². The quantitative estimate of drug-likeness (QED) is 0.716. The van der Waals surface area contributed by atoms with Crippen LogP contribution in [0.4, 0.5) is 17.6 Å². The third kappa shape index (κ3) is 3.46. The first kappa shape index (κ1) is 11.3. The molecule has 2 nitrogen and oxygen atoms in total. The van der Waals surface area contributed by atoms with Gasteiger partial charge in [0, 0.05) is 0 Å². The number of rotatable bonds is 2. The van der Waals surface area contributed by atoms with Crippen molar-refractivity contribution in [1.29, 1.82) is 5.26 Å². The van der Waals surface area contributed by atoms with Crippen molar-refractivity contribution in [2.24, 2.45) is 0 Å². The topological polar surface area (TPSA) is 33.0 Å². The molecule has 0 atom stereocenters. The van der Waals surface area contributed by atoms with Crippen molar-refractivity contribution < 1.29 is 22.3 Å². The smallest absolute Gasteiger partial charge is 0.422 e. The normalized spacial score (nSPS) is 10.9. The molecule has 1 rings (SSSR count). The van der Waals surface area contributed by atoms with E-state index in [1.54, 1.807) is 6.07 Å². The summed E-state index contributed by atoms with van der Waals surface area (Å²) in [5.41, 5.74) is 0.0202. The number of nitriles is 1. The number of alkyl halides is 3. The Morgan fingerprint density at radius 1 is 1.33 bits per heavy atom. The van der Waals surface area contributed by atoms with Crippen LogP contribution in [0.2, 0.25) is 0 Å². The predicted octanol–water partition coefficient (Wildman–Crippen LogP) is 2.64. The largest absolute Gasteiger partial charge is 0.481 e. The van der Waals surface area contributed by atoms with Crippen molar-refractivity contribution in [1.82, 2.24) is 0 Å². The number of benzene rings is 1. The van der Waals surface area contributed by atoms with Gasteiger partial charge in [-0.15, -0.1) is 0 Å². The van der Waals surface area contributed by atoms with Crippen LogP contribution in [0.1, 0.15) is 5.56 Å². The maximum Gasteiger partial charge on any atom is 0.422 e. The Kier molecular flexibility index (Phi) is 3.14. The van der Waals surface area contributed by atoms with E-state index in [-0.39, 0.29) is 5.56 Å². The van der Waals surface area contributed by atoms with Crippen LogP contribution in [-0.4, -0.2) is 12.8 Å². The molecule has 0 aliphatic rings. The van der Waals surface area contributed by atoms with Crippen LogP contribution < -0.4 is 4.74 Å². The molecule has 0 unspecified atom stereocenters. The molecule has 0 saturated heterocycles. The van der Waals surface area contributed by atoms with E-state index in [9.17, 15) is 17.6 Å². The monoisotopic (exact) mass is 219 g/mol. The van der Waals surface area contributed by atoms with Gasteiger partial charge in [0.1, 0.15) is 0 Å². The zero-order valence-electron chi connectivity index (χ0n) is 7.31. The van der Waals surface area contributed by atoms with Crippen LogP contribution in [0, 0.1) is 17.1 Å². The summed E-state index contributed by atoms with van der Waals surface area (Å²) in [6.07, 6.45) is -4.51. The zero-order valence-corrected chi connectivity index (χ0v) is 7.31. The molecule has 1 aromatic carbocycles. The molecule has 6 heteroatoms. The molecule has 1 aromatic rings. The van der Waals surface area contributed by atoms with E-state index in [1.165, 1.54) is 6.07 Å². The van der Waals surface area contributed by atoms with Gasteiger partial charge >= 0.3 is 6.18 Å². The van der Waals surface area contributed by atoms with Crippen LogP contribution in [-0.2, 0) is 0 Å². The number of halogens is 4. The number of hydrogen-bond donors (Lipinski definition) is 0. The van der Waals surface area contributed by atoms with Crippen LogP contribution in [0.25, 0.3) is 0 Å². The number of hydrogen-bond acceptors (Lipinski definition) is 2. The Balaban J connectivity index is 2.76. The second-order valence-electron chi connectivity index (χ2n) is 2.66. The highest BCUT2D eigenvalue weighted by Gasteiger charge is 2.28. The van der Waals surface area contributed by atoms with Crippen LogP contribution in [0.3, 0.4) is 0 Å². The molecule has 0 heterocycles. The van der Waals surface area contributed by atoms with E-state index < -0.39 is 24.3 Å². The molecule has 0 spiro atoms. The van der Waals surface area contributed by atoms with Gasteiger partial charge < -0.3 is 4.74 Å². The standard InChI is InChI=1S/C9H5F4NO/c10-7-3-6(4-14)1-2-8(7)15-5-9(11,12)13/h1-3H,5H2. The molecule has 0 N–H and O–H groups in total. The molecule has 0 aromatic heterocycles. The third-order valence-corrected chi connectivity index (χ3v) is 1.45. The van der Waals surface area contributed by atoms with E-state index in [0.29, 0.717) is 0 Å². The van der Waals surface area contributed by atoms with Gasteiger partial charge in [-0.1, -0.05) is 0 Å². The summed E-state index contributed by atoms with van der Waals surface area (Å²) in [7, 11) is 0. The van der Waals surface area contributed by atoms with E-state index >= 15 is 0 Å².